The summed E-state index contributed by atoms with van der Waals surface area (Å²) in [7, 11) is 3.12. The molecule has 1 aromatic heterocycles. The number of methoxy groups -OCH3 is 2. The maximum absolute atomic E-state index is 13.3. The van der Waals surface area contributed by atoms with E-state index in [1.54, 1.807) is 32.4 Å². The zero-order valence-electron chi connectivity index (χ0n) is 19.9. The molecule has 4 aromatic rings. The van der Waals surface area contributed by atoms with E-state index < -0.39 is 5.91 Å². The summed E-state index contributed by atoms with van der Waals surface area (Å²) < 4.78 is 11.0. The first-order valence-corrected chi connectivity index (χ1v) is 11.5. The molecular weight excluding hydrogens is 432 g/mol. The number of rotatable bonds is 9. The summed E-state index contributed by atoms with van der Waals surface area (Å²) in [6.45, 7) is 5.51. The van der Waals surface area contributed by atoms with Gasteiger partial charge in [0, 0.05) is 23.4 Å². The van der Waals surface area contributed by atoms with Crippen molar-refractivity contribution in [1.29, 1.82) is 0 Å². The van der Waals surface area contributed by atoms with E-state index in [1.807, 2.05) is 18.2 Å². The number of fused-ring (bicyclic) bond motifs is 4. The van der Waals surface area contributed by atoms with Gasteiger partial charge in [0.15, 0.2) is 0 Å². The molecule has 178 valence electrons. The maximum atomic E-state index is 13.3. The number of carbonyl (C=O) groups is 1. The van der Waals surface area contributed by atoms with Gasteiger partial charge in [-0.2, -0.15) is 0 Å². The zero-order chi connectivity index (χ0) is 24.2. The normalized spacial score (nSPS) is 12.2. The number of hydrogen-bond donors (Lipinski definition) is 3. The molecule has 0 aliphatic heterocycles. The SMILES string of the molecule is CCNC(CC)CCNC(=O)c1c(O)c2ccccc2c2nc3c(OC)ccc(OC)c3nc12. The van der Waals surface area contributed by atoms with Crippen LogP contribution in [0.25, 0.3) is 32.8 Å². The minimum atomic E-state index is -0.393. The van der Waals surface area contributed by atoms with Gasteiger partial charge in [0.1, 0.15) is 39.4 Å². The highest BCUT2D eigenvalue weighted by molar-refractivity contribution is 6.19. The van der Waals surface area contributed by atoms with E-state index >= 15 is 0 Å². The Labute approximate surface area is 198 Å². The number of amides is 1. The Morgan fingerprint density at radius 1 is 0.941 bits per heavy atom. The van der Waals surface area contributed by atoms with E-state index in [2.05, 4.69) is 24.5 Å². The van der Waals surface area contributed by atoms with Crippen molar-refractivity contribution in [3.05, 3.63) is 42.0 Å². The van der Waals surface area contributed by atoms with Crippen molar-refractivity contribution in [1.82, 2.24) is 20.6 Å². The molecule has 1 atom stereocenters. The van der Waals surface area contributed by atoms with Crippen LogP contribution in [-0.4, -0.2) is 54.3 Å². The Kier molecular flexibility index (Phi) is 6.98. The molecule has 0 radical (unpaired) electrons. The van der Waals surface area contributed by atoms with Gasteiger partial charge in [0.05, 0.1) is 19.7 Å². The first-order chi connectivity index (χ1) is 16.5. The van der Waals surface area contributed by atoms with Crippen molar-refractivity contribution >= 4 is 38.7 Å². The van der Waals surface area contributed by atoms with E-state index in [0.717, 1.165) is 19.4 Å². The van der Waals surface area contributed by atoms with Crippen LogP contribution in [0.5, 0.6) is 17.2 Å². The molecule has 0 aliphatic rings. The average Bonchev–Trinajstić information content (AvgIpc) is 2.86. The van der Waals surface area contributed by atoms with Crippen LogP contribution >= 0.6 is 0 Å². The Hall–Kier alpha value is -3.65. The highest BCUT2D eigenvalue weighted by atomic mass is 16.5. The molecular formula is C26H30N4O4. The van der Waals surface area contributed by atoms with Gasteiger partial charge in [0.2, 0.25) is 0 Å². The first-order valence-electron chi connectivity index (χ1n) is 11.5. The molecule has 0 spiro atoms. The molecule has 0 fully saturated rings. The van der Waals surface area contributed by atoms with E-state index in [4.69, 9.17) is 19.4 Å². The second-order valence-electron chi connectivity index (χ2n) is 8.06. The van der Waals surface area contributed by atoms with Gasteiger partial charge in [-0.1, -0.05) is 38.1 Å². The molecule has 8 nitrogen and oxygen atoms in total. The number of phenolic OH excluding ortho intramolecular Hbond substituents is 1. The van der Waals surface area contributed by atoms with Gasteiger partial charge in [-0.05, 0) is 31.5 Å². The Balaban J connectivity index is 1.90. The molecule has 1 amide bonds. The number of aromatic nitrogens is 2. The quantitative estimate of drug-likeness (QED) is 0.253. The maximum Gasteiger partial charge on any atom is 0.257 e. The van der Waals surface area contributed by atoms with Crippen LogP contribution < -0.4 is 20.1 Å². The van der Waals surface area contributed by atoms with E-state index in [1.165, 1.54) is 0 Å². The monoisotopic (exact) mass is 462 g/mol. The summed E-state index contributed by atoms with van der Waals surface area (Å²) in [4.78, 5) is 23.0. The van der Waals surface area contributed by atoms with Gasteiger partial charge < -0.3 is 25.2 Å². The molecule has 0 aliphatic carbocycles. The van der Waals surface area contributed by atoms with Crippen molar-refractivity contribution < 1.29 is 19.4 Å². The summed E-state index contributed by atoms with van der Waals surface area (Å²) in [5.41, 5.74) is 1.90. The molecule has 3 N–H and O–H groups in total. The predicted molar refractivity (Wildman–Crippen MR) is 134 cm³/mol. The fourth-order valence-corrected chi connectivity index (χ4v) is 4.33. The molecule has 3 aromatic carbocycles. The van der Waals surface area contributed by atoms with Crippen LogP contribution in [0, 0.1) is 0 Å². The third-order valence-electron chi connectivity index (χ3n) is 6.09. The van der Waals surface area contributed by atoms with Crippen LogP contribution in [0.2, 0.25) is 0 Å². The highest BCUT2D eigenvalue weighted by Crippen LogP contribution is 2.39. The third-order valence-corrected chi connectivity index (χ3v) is 6.09. The largest absolute Gasteiger partial charge is 0.506 e. The van der Waals surface area contributed by atoms with E-state index in [-0.39, 0.29) is 11.3 Å². The van der Waals surface area contributed by atoms with Crippen LogP contribution in [-0.2, 0) is 0 Å². The molecule has 1 unspecified atom stereocenters. The lowest BCUT2D eigenvalue weighted by Gasteiger charge is -2.17. The number of nitrogens with one attached hydrogen (secondary N) is 2. The lowest BCUT2D eigenvalue weighted by Crippen LogP contribution is -2.34. The Bertz CT molecular complexity index is 1360. The molecule has 4 rings (SSSR count). The molecule has 34 heavy (non-hydrogen) atoms. The number of hydrogen-bond acceptors (Lipinski definition) is 7. The summed E-state index contributed by atoms with van der Waals surface area (Å²) >= 11 is 0. The number of nitrogens with zero attached hydrogens (tertiary/aromatic N) is 2. The number of aromatic hydroxyl groups is 1. The molecule has 8 heteroatoms. The van der Waals surface area contributed by atoms with Crippen molar-refractivity contribution in [2.24, 2.45) is 0 Å². The summed E-state index contributed by atoms with van der Waals surface area (Å²) in [5, 5.41) is 18.8. The van der Waals surface area contributed by atoms with Crippen LogP contribution in [0.15, 0.2) is 36.4 Å². The standard InChI is InChI=1S/C26H30N4O4/c1-5-15(27-6-2)13-14-28-26(32)20-24-21(16-9-7-8-10-17(16)25(20)31)29-22-18(33-3)11-12-19(34-4)23(22)30-24/h7-12,15,27,31H,5-6,13-14H2,1-4H3,(H,28,32). The van der Waals surface area contributed by atoms with Gasteiger partial charge in [-0.15, -0.1) is 0 Å². The van der Waals surface area contributed by atoms with Crippen molar-refractivity contribution in [3.8, 4) is 17.2 Å². The fraction of sp³-hybridized carbons (Fsp3) is 0.346. The summed E-state index contributed by atoms with van der Waals surface area (Å²) in [6.07, 6.45) is 1.74. The minimum Gasteiger partial charge on any atom is -0.506 e. The fourth-order valence-electron chi connectivity index (χ4n) is 4.33. The average molecular weight is 463 g/mol. The lowest BCUT2D eigenvalue weighted by atomic mass is 10.0. The van der Waals surface area contributed by atoms with Crippen LogP contribution in [0.1, 0.15) is 37.0 Å². The van der Waals surface area contributed by atoms with Crippen LogP contribution in [0.4, 0.5) is 0 Å². The van der Waals surface area contributed by atoms with Crippen molar-refractivity contribution in [2.45, 2.75) is 32.7 Å². The number of benzene rings is 3. The second kappa shape index (κ2) is 10.1. The topological polar surface area (TPSA) is 106 Å². The van der Waals surface area contributed by atoms with Gasteiger partial charge in [0.25, 0.3) is 5.91 Å². The van der Waals surface area contributed by atoms with Gasteiger partial charge in [-0.25, -0.2) is 9.97 Å². The minimum absolute atomic E-state index is 0.101. The van der Waals surface area contributed by atoms with Crippen LogP contribution in [0.3, 0.4) is 0 Å². The number of carbonyl (C=O) groups excluding carboxylic acids is 1. The highest BCUT2D eigenvalue weighted by Gasteiger charge is 2.24. The molecule has 1 heterocycles. The van der Waals surface area contributed by atoms with Crippen molar-refractivity contribution in [3.63, 3.8) is 0 Å². The Morgan fingerprint density at radius 3 is 2.15 bits per heavy atom. The summed E-state index contributed by atoms with van der Waals surface area (Å²) in [5.74, 6) is 0.535. The molecule has 0 bridgehead atoms. The first kappa shape index (κ1) is 23.5. The number of ether oxygens (including phenoxy) is 2. The van der Waals surface area contributed by atoms with Crippen molar-refractivity contribution in [2.75, 3.05) is 27.3 Å². The third kappa shape index (κ3) is 4.17. The smallest absolute Gasteiger partial charge is 0.257 e. The predicted octanol–water partition coefficient (Wildman–Crippen LogP) is 4.17. The molecule has 0 saturated carbocycles. The lowest BCUT2D eigenvalue weighted by molar-refractivity contribution is 0.0951. The number of phenols is 1. The molecule has 0 saturated heterocycles. The second-order valence-corrected chi connectivity index (χ2v) is 8.06. The summed E-state index contributed by atoms with van der Waals surface area (Å²) in [6, 6.07) is 11.1. The Morgan fingerprint density at radius 2 is 1.56 bits per heavy atom. The van der Waals surface area contributed by atoms with Gasteiger partial charge in [-0.3, -0.25) is 4.79 Å². The van der Waals surface area contributed by atoms with E-state index in [9.17, 15) is 9.90 Å². The zero-order valence-corrected chi connectivity index (χ0v) is 19.9. The van der Waals surface area contributed by atoms with E-state index in [0.29, 0.717) is 56.9 Å². The van der Waals surface area contributed by atoms with Gasteiger partial charge >= 0.3 is 0 Å².